The van der Waals surface area contributed by atoms with Gasteiger partial charge in [0.25, 0.3) is 10.1 Å². The first-order chi connectivity index (χ1) is 10.3. The largest absolute Gasteiger partial charge is 0.427 e. The predicted molar refractivity (Wildman–Crippen MR) is 82.8 cm³/mol. The van der Waals surface area contributed by atoms with Gasteiger partial charge in [0, 0.05) is 6.92 Å². The summed E-state index contributed by atoms with van der Waals surface area (Å²) in [6.07, 6.45) is 1.01. The Morgan fingerprint density at radius 1 is 1.05 bits per heavy atom. The monoisotopic (exact) mass is 320 g/mol. The van der Waals surface area contributed by atoms with Gasteiger partial charge in [-0.2, -0.15) is 8.42 Å². The van der Waals surface area contributed by atoms with Crippen LogP contribution in [0, 0.1) is 0 Å². The molecular formula is C16H16O5S. The normalized spacial score (nSPS) is 11.2. The molecule has 2 rings (SSSR count). The van der Waals surface area contributed by atoms with Crippen molar-refractivity contribution in [1.82, 2.24) is 0 Å². The first-order valence-electron chi connectivity index (χ1n) is 6.56. The molecule has 0 N–H and O–H groups in total. The molecule has 0 saturated heterocycles. The van der Waals surface area contributed by atoms with Crippen LogP contribution in [0.25, 0.3) is 11.1 Å². The number of ether oxygens (including phenoxy) is 1. The standard InChI is InChI=1S/C16H16O5S/c1-12(17)21-16-8-4-7-15(10-16)14-6-3-5-13(9-14)11-20-22(2,18)19/h3-10H,11H2,1-2H3. The second-order valence-electron chi connectivity index (χ2n) is 4.79. The van der Waals surface area contributed by atoms with E-state index in [0.717, 1.165) is 22.9 Å². The molecule has 0 heterocycles. The van der Waals surface area contributed by atoms with E-state index in [0.29, 0.717) is 5.75 Å². The van der Waals surface area contributed by atoms with Crippen LogP contribution in [-0.4, -0.2) is 20.6 Å². The van der Waals surface area contributed by atoms with Crippen molar-refractivity contribution < 1.29 is 22.1 Å². The van der Waals surface area contributed by atoms with Gasteiger partial charge in [-0.1, -0.05) is 30.3 Å². The summed E-state index contributed by atoms with van der Waals surface area (Å²) in [4.78, 5) is 11.0. The fourth-order valence-corrected chi connectivity index (χ4v) is 2.27. The van der Waals surface area contributed by atoms with Gasteiger partial charge in [0.1, 0.15) is 5.75 Å². The van der Waals surface area contributed by atoms with Gasteiger partial charge in [-0.15, -0.1) is 0 Å². The van der Waals surface area contributed by atoms with Gasteiger partial charge in [0.15, 0.2) is 0 Å². The van der Waals surface area contributed by atoms with E-state index in [1.54, 1.807) is 24.3 Å². The minimum atomic E-state index is -3.48. The van der Waals surface area contributed by atoms with Crippen molar-refractivity contribution in [2.45, 2.75) is 13.5 Å². The fraction of sp³-hybridized carbons (Fsp3) is 0.188. The number of rotatable bonds is 5. The number of benzene rings is 2. The van der Waals surface area contributed by atoms with Gasteiger partial charge in [-0.05, 0) is 34.9 Å². The molecule has 0 fully saturated rings. The summed E-state index contributed by atoms with van der Waals surface area (Å²) in [7, 11) is -3.48. The molecule has 0 aliphatic heterocycles. The van der Waals surface area contributed by atoms with Gasteiger partial charge >= 0.3 is 5.97 Å². The zero-order valence-electron chi connectivity index (χ0n) is 12.3. The summed E-state index contributed by atoms with van der Waals surface area (Å²) in [6, 6.07) is 14.4. The highest BCUT2D eigenvalue weighted by atomic mass is 32.2. The van der Waals surface area contributed by atoms with Crippen LogP contribution in [0.4, 0.5) is 0 Å². The molecule has 2 aromatic rings. The molecule has 6 heteroatoms. The summed E-state index contributed by atoms with van der Waals surface area (Å²) in [5, 5.41) is 0. The van der Waals surface area contributed by atoms with Crippen LogP contribution in [-0.2, 0) is 25.7 Å². The van der Waals surface area contributed by atoms with E-state index >= 15 is 0 Å². The molecule has 0 amide bonds. The molecule has 0 spiro atoms. The smallest absolute Gasteiger partial charge is 0.308 e. The predicted octanol–water partition coefficient (Wildman–Crippen LogP) is 2.76. The Balaban J connectivity index is 2.24. The lowest BCUT2D eigenvalue weighted by Gasteiger charge is -2.07. The number of carbonyl (C=O) groups is 1. The topological polar surface area (TPSA) is 69.7 Å². The fourth-order valence-electron chi connectivity index (χ4n) is 1.92. The summed E-state index contributed by atoms with van der Waals surface area (Å²) in [6.45, 7) is 1.33. The summed E-state index contributed by atoms with van der Waals surface area (Å²) in [5.74, 6) is 0.0789. The van der Waals surface area contributed by atoms with E-state index in [-0.39, 0.29) is 12.6 Å². The molecule has 0 aromatic heterocycles. The van der Waals surface area contributed by atoms with E-state index < -0.39 is 10.1 Å². The van der Waals surface area contributed by atoms with Crippen LogP contribution in [0.1, 0.15) is 12.5 Å². The molecule has 2 aromatic carbocycles. The maximum atomic E-state index is 11.0. The van der Waals surface area contributed by atoms with Crippen LogP contribution in [0.5, 0.6) is 5.75 Å². The van der Waals surface area contributed by atoms with Gasteiger partial charge in [0.05, 0.1) is 12.9 Å². The minimum absolute atomic E-state index is 0.0175. The molecule has 0 aliphatic rings. The molecule has 0 unspecified atom stereocenters. The molecule has 0 bridgehead atoms. The molecule has 0 atom stereocenters. The van der Waals surface area contributed by atoms with Crippen molar-refractivity contribution in [2.75, 3.05) is 6.26 Å². The average Bonchev–Trinajstić information content (AvgIpc) is 2.44. The minimum Gasteiger partial charge on any atom is -0.427 e. The third-order valence-electron chi connectivity index (χ3n) is 2.80. The Morgan fingerprint density at radius 3 is 2.32 bits per heavy atom. The van der Waals surface area contributed by atoms with E-state index in [1.807, 2.05) is 24.3 Å². The van der Waals surface area contributed by atoms with E-state index in [2.05, 4.69) is 0 Å². The van der Waals surface area contributed by atoms with Crippen molar-refractivity contribution in [2.24, 2.45) is 0 Å². The first kappa shape index (κ1) is 16.2. The lowest BCUT2D eigenvalue weighted by Crippen LogP contribution is -2.02. The third-order valence-corrected chi connectivity index (χ3v) is 3.34. The van der Waals surface area contributed by atoms with Crippen molar-refractivity contribution in [3.8, 4) is 16.9 Å². The maximum Gasteiger partial charge on any atom is 0.308 e. The Hall–Kier alpha value is -2.18. The molecule has 0 radical (unpaired) electrons. The highest BCUT2D eigenvalue weighted by Crippen LogP contribution is 2.25. The van der Waals surface area contributed by atoms with E-state index in [4.69, 9.17) is 8.92 Å². The third kappa shape index (κ3) is 4.98. The van der Waals surface area contributed by atoms with Gasteiger partial charge in [-0.3, -0.25) is 8.98 Å². The van der Waals surface area contributed by atoms with Gasteiger partial charge in [0.2, 0.25) is 0 Å². The average molecular weight is 320 g/mol. The zero-order chi connectivity index (χ0) is 16.2. The maximum absolute atomic E-state index is 11.0. The summed E-state index contributed by atoms with van der Waals surface area (Å²) >= 11 is 0. The summed E-state index contributed by atoms with van der Waals surface area (Å²) < 4.78 is 31.9. The molecule has 0 aliphatic carbocycles. The van der Waals surface area contributed by atoms with Gasteiger partial charge in [-0.25, -0.2) is 0 Å². The zero-order valence-corrected chi connectivity index (χ0v) is 13.1. The second-order valence-corrected chi connectivity index (χ2v) is 6.43. The van der Waals surface area contributed by atoms with Crippen molar-refractivity contribution in [3.05, 3.63) is 54.1 Å². The van der Waals surface area contributed by atoms with Crippen molar-refractivity contribution >= 4 is 16.1 Å². The lowest BCUT2D eigenvalue weighted by molar-refractivity contribution is -0.131. The Bertz CT molecular complexity index is 781. The highest BCUT2D eigenvalue weighted by Gasteiger charge is 2.06. The van der Waals surface area contributed by atoms with E-state index in [1.165, 1.54) is 6.92 Å². The molecular weight excluding hydrogens is 304 g/mol. The number of carbonyl (C=O) groups excluding carboxylic acids is 1. The number of hydrogen-bond donors (Lipinski definition) is 0. The van der Waals surface area contributed by atoms with E-state index in [9.17, 15) is 13.2 Å². The number of hydrogen-bond acceptors (Lipinski definition) is 5. The molecule has 5 nitrogen and oxygen atoms in total. The van der Waals surface area contributed by atoms with Crippen LogP contribution in [0.3, 0.4) is 0 Å². The highest BCUT2D eigenvalue weighted by molar-refractivity contribution is 7.85. The first-order valence-corrected chi connectivity index (χ1v) is 8.37. The molecule has 0 saturated carbocycles. The number of esters is 1. The van der Waals surface area contributed by atoms with Gasteiger partial charge < -0.3 is 4.74 Å². The summed E-state index contributed by atoms with van der Waals surface area (Å²) in [5.41, 5.74) is 2.48. The van der Waals surface area contributed by atoms with Crippen molar-refractivity contribution in [3.63, 3.8) is 0 Å². The van der Waals surface area contributed by atoms with Crippen LogP contribution < -0.4 is 4.74 Å². The Morgan fingerprint density at radius 2 is 1.68 bits per heavy atom. The van der Waals surface area contributed by atoms with Crippen LogP contribution in [0.15, 0.2) is 48.5 Å². The van der Waals surface area contributed by atoms with Crippen LogP contribution >= 0.6 is 0 Å². The SMILES string of the molecule is CC(=O)Oc1cccc(-c2cccc(COS(C)(=O)=O)c2)c1. The quantitative estimate of drug-likeness (QED) is 0.481. The Kier molecular flexibility index (Phi) is 4.95. The Labute approximate surface area is 129 Å². The molecule has 116 valence electrons. The van der Waals surface area contributed by atoms with Crippen molar-refractivity contribution in [1.29, 1.82) is 0 Å². The molecule has 22 heavy (non-hydrogen) atoms. The lowest BCUT2D eigenvalue weighted by atomic mass is 10.0. The second kappa shape index (κ2) is 6.72. The van der Waals surface area contributed by atoms with Crippen LogP contribution in [0.2, 0.25) is 0 Å².